The Morgan fingerprint density at radius 2 is 1.80 bits per heavy atom. The first kappa shape index (κ1) is 21.8. The predicted molar refractivity (Wildman–Crippen MR) is 121 cm³/mol. The third kappa shape index (κ3) is 5.58. The Labute approximate surface area is 183 Å². The van der Waals surface area contributed by atoms with Crippen LogP contribution in [0, 0.1) is 0 Å². The molecule has 7 nitrogen and oxygen atoms in total. The number of ether oxygens (including phenoxy) is 1. The lowest BCUT2D eigenvalue weighted by atomic mass is 10.1. The molecule has 0 aliphatic rings. The van der Waals surface area contributed by atoms with Crippen molar-refractivity contribution >= 4 is 51.3 Å². The molecule has 1 unspecified atom stereocenters. The van der Waals surface area contributed by atoms with Crippen LogP contribution in [0.3, 0.4) is 0 Å². The molecule has 3 rings (SSSR count). The first-order chi connectivity index (χ1) is 14.5. The fourth-order valence-electron chi connectivity index (χ4n) is 2.61. The molecule has 0 spiro atoms. The highest BCUT2D eigenvalue weighted by Gasteiger charge is 2.19. The molecule has 0 saturated heterocycles. The summed E-state index contributed by atoms with van der Waals surface area (Å²) < 4.78 is 6.27. The lowest BCUT2D eigenvalue weighted by molar-refractivity contribution is -0.115. The van der Waals surface area contributed by atoms with Crippen molar-refractivity contribution in [2.24, 2.45) is 0 Å². The number of hydrogen-bond acceptors (Lipinski definition) is 8. The van der Waals surface area contributed by atoms with Crippen LogP contribution >= 0.6 is 23.1 Å². The van der Waals surface area contributed by atoms with Gasteiger partial charge in [0.25, 0.3) is 0 Å². The maximum Gasteiger partial charge on any atom is 0.237 e. The number of hydrogen-bond donors (Lipinski definition) is 2. The van der Waals surface area contributed by atoms with Gasteiger partial charge in [-0.2, -0.15) is 0 Å². The van der Waals surface area contributed by atoms with Gasteiger partial charge in [0.05, 0.1) is 23.2 Å². The molecule has 0 bridgehead atoms. The van der Waals surface area contributed by atoms with Crippen LogP contribution in [0.5, 0.6) is 5.75 Å². The standard InChI is InChI=1S/C21H22N4O3S2/c1-4-28-18-12-8-7-11-17(18)23-20-24-25-21(30-20)29-14(3)19(27)22-16-10-6-5-9-15(16)13(2)26/h5-12,14H,4H2,1-3H3,(H,22,27)(H,23,24). The number of benzene rings is 2. The van der Waals surface area contributed by atoms with Gasteiger partial charge in [0.15, 0.2) is 10.1 Å². The quantitative estimate of drug-likeness (QED) is 0.356. The molecule has 1 heterocycles. The highest BCUT2D eigenvalue weighted by molar-refractivity contribution is 8.02. The molecule has 2 aromatic carbocycles. The minimum atomic E-state index is -0.415. The number of Topliss-reactive ketones (excluding diaryl/α,β-unsaturated/α-hetero) is 1. The zero-order valence-corrected chi connectivity index (χ0v) is 18.5. The molecular weight excluding hydrogens is 420 g/mol. The molecule has 1 aromatic heterocycles. The number of ketones is 1. The zero-order chi connectivity index (χ0) is 21.5. The van der Waals surface area contributed by atoms with Crippen molar-refractivity contribution in [3.05, 3.63) is 54.1 Å². The molecule has 3 aromatic rings. The summed E-state index contributed by atoms with van der Waals surface area (Å²) in [6, 6.07) is 14.6. The van der Waals surface area contributed by atoms with E-state index in [-0.39, 0.29) is 11.7 Å². The molecule has 1 amide bonds. The van der Waals surface area contributed by atoms with Crippen molar-refractivity contribution in [2.45, 2.75) is 30.4 Å². The highest BCUT2D eigenvalue weighted by atomic mass is 32.2. The summed E-state index contributed by atoms with van der Waals surface area (Å²) >= 11 is 2.66. The number of amides is 1. The van der Waals surface area contributed by atoms with Crippen LogP contribution in [0.1, 0.15) is 31.1 Å². The van der Waals surface area contributed by atoms with E-state index in [1.807, 2.05) is 31.2 Å². The summed E-state index contributed by atoms with van der Waals surface area (Å²) in [5.74, 6) is 0.430. The molecule has 0 saturated carbocycles. The van der Waals surface area contributed by atoms with Gasteiger partial charge < -0.3 is 15.4 Å². The fraction of sp³-hybridized carbons (Fsp3) is 0.238. The molecule has 0 aliphatic heterocycles. The van der Waals surface area contributed by atoms with Gasteiger partial charge in [-0.05, 0) is 45.0 Å². The van der Waals surface area contributed by atoms with E-state index in [9.17, 15) is 9.59 Å². The maximum absolute atomic E-state index is 12.6. The average molecular weight is 443 g/mol. The minimum Gasteiger partial charge on any atom is -0.492 e. The van der Waals surface area contributed by atoms with E-state index in [0.717, 1.165) is 11.4 Å². The number of para-hydroxylation sites is 3. The summed E-state index contributed by atoms with van der Waals surface area (Å²) in [5, 5.41) is 14.5. The molecule has 0 radical (unpaired) electrons. The van der Waals surface area contributed by atoms with Crippen molar-refractivity contribution in [1.82, 2.24) is 10.2 Å². The fourth-order valence-corrected chi connectivity index (χ4v) is 4.52. The van der Waals surface area contributed by atoms with Crippen LogP contribution in [0.25, 0.3) is 0 Å². The molecule has 0 fully saturated rings. The monoisotopic (exact) mass is 442 g/mol. The molecule has 2 N–H and O–H groups in total. The summed E-state index contributed by atoms with van der Waals surface area (Å²) in [6.07, 6.45) is 0. The Balaban J connectivity index is 1.63. The second kappa shape index (κ2) is 10.2. The third-order valence-corrected chi connectivity index (χ3v) is 6.07. The number of carbonyl (C=O) groups excluding carboxylic acids is 2. The topological polar surface area (TPSA) is 93.2 Å². The van der Waals surface area contributed by atoms with Gasteiger partial charge in [0.2, 0.25) is 11.0 Å². The highest BCUT2D eigenvalue weighted by Crippen LogP contribution is 2.33. The van der Waals surface area contributed by atoms with Crippen LogP contribution in [-0.2, 0) is 4.79 Å². The number of aromatic nitrogens is 2. The van der Waals surface area contributed by atoms with E-state index >= 15 is 0 Å². The van der Waals surface area contributed by atoms with Crippen molar-refractivity contribution in [3.63, 3.8) is 0 Å². The van der Waals surface area contributed by atoms with Gasteiger partial charge >= 0.3 is 0 Å². The van der Waals surface area contributed by atoms with E-state index in [1.54, 1.807) is 31.2 Å². The van der Waals surface area contributed by atoms with Crippen LogP contribution in [0.2, 0.25) is 0 Å². The van der Waals surface area contributed by atoms with Crippen molar-refractivity contribution in [1.29, 1.82) is 0 Å². The SMILES string of the molecule is CCOc1ccccc1Nc1nnc(SC(C)C(=O)Nc2ccccc2C(C)=O)s1. The summed E-state index contributed by atoms with van der Waals surface area (Å²) in [7, 11) is 0. The van der Waals surface area contributed by atoms with Gasteiger partial charge in [-0.1, -0.05) is 47.4 Å². The minimum absolute atomic E-state index is 0.0987. The second-order valence-electron chi connectivity index (χ2n) is 6.28. The lowest BCUT2D eigenvalue weighted by Crippen LogP contribution is -2.23. The van der Waals surface area contributed by atoms with Crippen molar-refractivity contribution < 1.29 is 14.3 Å². The third-order valence-electron chi connectivity index (χ3n) is 4.05. The maximum atomic E-state index is 12.6. The number of thioether (sulfide) groups is 1. The average Bonchev–Trinajstić information content (AvgIpc) is 3.16. The van der Waals surface area contributed by atoms with Crippen LogP contribution in [-0.4, -0.2) is 33.7 Å². The van der Waals surface area contributed by atoms with Crippen molar-refractivity contribution in [2.75, 3.05) is 17.2 Å². The first-order valence-electron chi connectivity index (χ1n) is 9.37. The molecular formula is C21H22N4O3S2. The number of nitrogens with zero attached hydrogens (tertiary/aromatic N) is 2. The number of anilines is 3. The van der Waals surface area contributed by atoms with E-state index in [1.165, 1.54) is 30.0 Å². The molecule has 0 aliphatic carbocycles. The molecule has 30 heavy (non-hydrogen) atoms. The largest absolute Gasteiger partial charge is 0.492 e. The Hall–Kier alpha value is -2.91. The number of nitrogens with one attached hydrogen (secondary N) is 2. The Kier molecular flexibility index (Phi) is 7.42. The summed E-state index contributed by atoms with van der Waals surface area (Å²) in [6.45, 7) is 5.75. The van der Waals surface area contributed by atoms with Gasteiger partial charge in [0, 0.05) is 5.56 Å². The van der Waals surface area contributed by atoms with E-state index < -0.39 is 5.25 Å². The summed E-state index contributed by atoms with van der Waals surface area (Å²) in [5.41, 5.74) is 1.80. The predicted octanol–water partition coefficient (Wildman–Crippen LogP) is 5.00. The smallest absolute Gasteiger partial charge is 0.237 e. The van der Waals surface area contributed by atoms with Gasteiger partial charge in [-0.15, -0.1) is 10.2 Å². The normalized spacial score (nSPS) is 11.6. The lowest BCUT2D eigenvalue weighted by Gasteiger charge is -2.12. The molecule has 1 atom stereocenters. The number of rotatable bonds is 9. The van der Waals surface area contributed by atoms with E-state index in [0.29, 0.717) is 27.3 Å². The number of carbonyl (C=O) groups is 2. The molecule has 9 heteroatoms. The van der Waals surface area contributed by atoms with Gasteiger partial charge in [-0.3, -0.25) is 9.59 Å². The summed E-state index contributed by atoms with van der Waals surface area (Å²) in [4.78, 5) is 24.3. The van der Waals surface area contributed by atoms with Crippen molar-refractivity contribution in [3.8, 4) is 5.75 Å². The Bertz CT molecular complexity index is 1040. The molecule has 156 valence electrons. The van der Waals surface area contributed by atoms with E-state index in [4.69, 9.17) is 4.74 Å². The van der Waals surface area contributed by atoms with Gasteiger partial charge in [-0.25, -0.2) is 0 Å². The van der Waals surface area contributed by atoms with Crippen LogP contribution in [0.15, 0.2) is 52.9 Å². The van der Waals surface area contributed by atoms with Crippen LogP contribution in [0.4, 0.5) is 16.5 Å². The van der Waals surface area contributed by atoms with E-state index in [2.05, 4.69) is 20.8 Å². The Morgan fingerprint density at radius 3 is 2.53 bits per heavy atom. The van der Waals surface area contributed by atoms with Crippen LogP contribution < -0.4 is 15.4 Å². The zero-order valence-electron chi connectivity index (χ0n) is 16.8. The Morgan fingerprint density at radius 1 is 1.10 bits per heavy atom. The van der Waals surface area contributed by atoms with Gasteiger partial charge in [0.1, 0.15) is 5.75 Å². The first-order valence-corrected chi connectivity index (χ1v) is 11.1. The second-order valence-corrected chi connectivity index (χ2v) is 8.84.